The van der Waals surface area contributed by atoms with Gasteiger partial charge in [-0.2, -0.15) is 0 Å². The average Bonchev–Trinajstić information content (AvgIpc) is 2.47. The van der Waals surface area contributed by atoms with Crippen molar-refractivity contribution in [3.8, 4) is 11.5 Å². The Kier molecular flexibility index (Phi) is 4.56. The van der Waals surface area contributed by atoms with E-state index in [-0.39, 0.29) is 16.3 Å². The minimum Gasteiger partial charge on any atom is -0.496 e. The van der Waals surface area contributed by atoms with Gasteiger partial charge < -0.3 is 9.47 Å². The summed E-state index contributed by atoms with van der Waals surface area (Å²) in [7, 11) is -0.966. The Hall–Kier alpha value is -2.28. The summed E-state index contributed by atoms with van der Waals surface area (Å²) in [5, 5.41) is 0. The lowest BCUT2D eigenvalue weighted by Gasteiger charge is -2.11. The number of sulfonamides is 1. The first-order chi connectivity index (χ1) is 10.4. The van der Waals surface area contributed by atoms with Crippen molar-refractivity contribution in [1.82, 2.24) is 0 Å². The Morgan fingerprint density at radius 2 is 1.64 bits per heavy atom. The largest absolute Gasteiger partial charge is 0.496 e. The summed E-state index contributed by atoms with van der Waals surface area (Å²) in [6.45, 7) is 1.74. The maximum absolute atomic E-state index is 13.6. The molecular formula is C15H16FNO4S. The van der Waals surface area contributed by atoms with Crippen LogP contribution in [0, 0.1) is 12.7 Å². The highest BCUT2D eigenvalue weighted by atomic mass is 32.2. The van der Waals surface area contributed by atoms with Gasteiger partial charge in [0, 0.05) is 6.07 Å². The van der Waals surface area contributed by atoms with Gasteiger partial charge in [0.1, 0.15) is 5.75 Å². The zero-order valence-electron chi connectivity index (χ0n) is 12.4. The second-order valence-electron chi connectivity index (χ2n) is 4.59. The predicted octanol–water partition coefficient (Wildman–Crippen LogP) is 2.95. The summed E-state index contributed by atoms with van der Waals surface area (Å²) in [4.78, 5) is 0.0713. The molecule has 0 spiro atoms. The van der Waals surface area contributed by atoms with E-state index < -0.39 is 15.8 Å². The molecule has 0 aromatic heterocycles. The van der Waals surface area contributed by atoms with Gasteiger partial charge in [0.15, 0.2) is 11.6 Å². The van der Waals surface area contributed by atoms with E-state index in [1.807, 2.05) is 0 Å². The minimum absolute atomic E-state index is 0.0447. The summed E-state index contributed by atoms with van der Waals surface area (Å²) in [5.41, 5.74) is 0.804. The smallest absolute Gasteiger partial charge is 0.261 e. The molecule has 0 aliphatic rings. The number of anilines is 1. The van der Waals surface area contributed by atoms with Crippen LogP contribution in [0.3, 0.4) is 0 Å². The molecule has 0 unspecified atom stereocenters. The van der Waals surface area contributed by atoms with Gasteiger partial charge >= 0.3 is 0 Å². The Labute approximate surface area is 128 Å². The molecule has 118 valence electrons. The second-order valence-corrected chi connectivity index (χ2v) is 6.27. The van der Waals surface area contributed by atoms with Crippen molar-refractivity contribution < 1.29 is 22.3 Å². The molecule has 0 bridgehead atoms. The summed E-state index contributed by atoms with van der Waals surface area (Å²) in [6, 6.07) is 8.32. The monoisotopic (exact) mass is 325 g/mol. The van der Waals surface area contributed by atoms with E-state index >= 15 is 0 Å². The molecule has 0 amide bonds. The summed E-state index contributed by atoms with van der Waals surface area (Å²) in [6.07, 6.45) is 0. The first kappa shape index (κ1) is 16.1. The lowest BCUT2D eigenvalue weighted by molar-refractivity contribution is 0.386. The molecule has 5 nitrogen and oxygen atoms in total. The number of nitrogens with one attached hydrogen (secondary N) is 1. The van der Waals surface area contributed by atoms with Crippen molar-refractivity contribution in [2.24, 2.45) is 0 Å². The molecule has 2 rings (SSSR count). The van der Waals surface area contributed by atoms with Gasteiger partial charge in [0.2, 0.25) is 0 Å². The Bertz CT molecular complexity index is 790. The number of hydrogen-bond donors (Lipinski definition) is 1. The zero-order valence-corrected chi connectivity index (χ0v) is 13.2. The highest BCUT2D eigenvalue weighted by Gasteiger charge is 2.16. The number of methoxy groups -OCH3 is 2. The van der Waals surface area contributed by atoms with Crippen LogP contribution in [0.15, 0.2) is 41.3 Å². The van der Waals surface area contributed by atoms with Crippen LogP contribution in [0.5, 0.6) is 11.5 Å². The molecule has 0 aliphatic carbocycles. The SMILES string of the molecule is COc1ccc(S(=O)(=O)Nc2ccc(OC)c(F)c2)cc1C. The fourth-order valence-electron chi connectivity index (χ4n) is 1.96. The second kappa shape index (κ2) is 6.23. The van der Waals surface area contributed by atoms with Gasteiger partial charge in [0.05, 0.1) is 24.8 Å². The summed E-state index contributed by atoms with van der Waals surface area (Å²) >= 11 is 0. The standard InChI is InChI=1S/C15H16FNO4S/c1-10-8-12(5-7-14(10)20-2)22(18,19)17-11-4-6-15(21-3)13(16)9-11/h4-9,17H,1-3H3. The molecule has 0 saturated heterocycles. The van der Waals surface area contributed by atoms with Crippen LogP contribution in [0.4, 0.5) is 10.1 Å². The molecule has 0 atom stereocenters. The molecule has 0 saturated carbocycles. The molecule has 0 fully saturated rings. The Balaban J connectivity index is 2.31. The summed E-state index contributed by atoms with van der Waals surface area (Å²) < 4.78 is 50.5. The van der Waals surface area contributed by atoms with Crippen LogP contribution in [-0.2, 0) is 10.0 Å². The van der Waals surface area contributed by atoms with Crippen LogP contribution in [0.1, 0.15) is 5.56 Å². The number of ether oxygens (including phenoxy) is 2. The van der Waals surface area contributed by atoms with Crippen molar-refractivity contribution in [3.05, 3.63) is 47.8 Å². The third kappa shape index (κ3) is 3.30. The highest BCUT2D eigenvalue weighted by molar-refractivity contribution is 7.92. The van der Waals surface area contributed by atoms with Crippen LogP contribution in [-0.4, -0.2) is 22.6 Å². The normalized spacial score (nSPS) is 11.1. The third-order valence-electron chi connectivity index (χ3n) is 3.08. The Morgan fingerprint density at radius 1 is 1.00 bits per heavy atom. The van der Waals surface area contributed by atoms with Crippen molar-refractivity contribution >= 4 is 15.7 Å². The van der Waals surface area contributed by atoms with Gasteiger partial charge in [-0.05, 0) is 42.8 Å². The van der Waals surface area contributed by atoms with Crippen molar-refractivity contribution in [3.63, 3.8) is 0 Å². The van der Waals surface area contributed by atoms with Crippen molar-refractivity contribution in [2.45, 2.75) is 11.8 Å². The van der Waals surface area contributed by atoms with Crippen LogP contribution in [0.25, 0.3) is 0 Å². The van der Waals surface area contributed by atoms with Gasteiger partial charge in [0.25, 0.3) is 10.0 Å². The van der Waals surface area contributed by atoms with E-state index in [2.05, 4.69) is 4.72 Å². The van der Waals surface area contributed by atoms with E-state index in [9.17, 15) is 12.8 Å². The minimum atomic E-state index is -3.81. The highest BCUT2D eigenvalue weighted by Crippen LogP contribution is 2.25. The first-order valence-electron chi connectivity index (χ1n) is 6.38. The van der Waals surface area contributed by atoms with Crippen molar-refractivity contribution in [1.29, 1.82) is 0 Å². The molecule has 0 aliphatic heterocycles. The summed E-state index contributed by atoms with van der Waals surface area (Å²) in [5.74, 6) is -0.00806. The van der Waals surface area contributed by atoms with E-state index in [1.54, 1.807) is 13.0 Å². The lowest BCUT2D eigenvalue weighted by atomic mass is 10.2. The van der Waals surface area contributed by atoms with Crippen LogP contribution < -0.4 is 14.2 Å². The van der Waals surface area contributed by atoms with Gasteiger partial charge in [-0.15, -0.1) is 0 Å². The van der Waals surface area contributed by atoms with E-state index in [1.165, 1.54) is 38.5 Å². The number of rotatable bonds is 5. The fourth-order valence-corrected chi connectivity index (χ4v) is 3.10. The lowest BCUT2D eigenvalue weighted by Crippen LogP contribution is -2.13. The van der Waals surface area contributed by atoms with Crippen LogP contribution >= 0.6 is 0 Å². The zero-order chi connectivity index (χ0) is 16.3. The first-order valence-corrected chi connectivity index (χ1v) is 7.86. The van der Waals surface area contributed by atoms with E-state index in [0.717, 1.165) is 6.07 Å². The van der Waals surface area contributed by atoms with Crippen molar-refractivity contribution in [2.75, 3.05) is 18.9 Å². The number of hydrogen-bond acceptors (Lipinski definition) is 4. The van der Waals surface area contributed by atoms with Gasteiger partial charge in [-0.25, -0.2) is 12.8 Å². The van der Waals surface area contributed by atoms with Crippen LogP contribution in [0.2, 0.25) is 0 Å². The number of benzene rings is 2. The number of aryl methyl sites for hydroxylation is 1. The van der Waals surface area contributed by atoms with Gasteiger partial charge in [-0.3, -0.25) is 4.72 Å². The quantitative estimate of drug-likeness (QED) is 0.918. The molecule has 22 heavy (non-hydrogen) atoms. The fraction of sp³-hybridized carbons (Fsp3) is 0.200. The molecule has 7 heteroatoms. The topological polar surface area (TPSA) is 64.6 Å². The molecule has 1 N–H and O–H groups in total. The average molecular weight is 325 g/mol. The Morgan fingerprint density at radius 3 is 2.18 bits per heavy atom. The third-order valence-corrected chi connectivity index (χ3v) is 4.46. The molecular weight excluding hydrogens is 309 g/mol. The molecule has 2 aromatic rings. The van der Waals surface area contributed by atoms with Gasteiger partial charge in [-0.1, -0.05) is 0 Å². The maximum atomic E-state index is 13.6. The maximum Gasteiger partial charge on any atom is 0.261 e. The van der Waals surface area contributed by atoms with E-state index in [0.29, 0.717) is 11.3 Å². The molecule has 0 heterocycles. The molecule has 2 aromatic carbocycles. The van der Waals surface area contributed by atoms with E-state index in [4.69, 9.17) is 9.47 Å². The number of halogens is 1. The predicted molar refractivity (Wildman–Crippen MR) is 81.5 cm³/mol. The molecule has 0 radical (unpaired) electrons.